The van der Waals surface area contributed by atoms with Crippen LogP contribution in [0, 0.1) is 6.92 Å². The van der Waals surface area contributed by atoms with E-state index >= 15 is 0 Å². The van der Waals surface area contributed by atoms with Gasteiger partial charge in [-0.3, -0.25) is 9.69 Å². The van der Waals surface area contributed by atoms with Crippen molar-refractivity contribution in [2.24, 2.45) is 5.10 Å². The largest absolute Gasteiger partial charge is 0.359 e. The molecule has 2 aromatic rings. The number of amides is 1. The molecule has 0 atom stereocenters. The van der Waals surface area contributed by atoms with Crippen molar-refractivity contribution < 1.29 is 4.79 Å². The molecule has 7 heteroatoms. The number of rotatable bonds is 7. The maximum atomic E-state index is 12.4. The average molecular weight is 380 g/mol. The second-order valence-electron chi connectivity index (χ2n) is 7.24. The first kappa shape index (κ1) is 19.9. The normalized spacial score (nSPS) is 15.6. The number of hydrogen-bond donors (Lipinski definition) is 2. The summed E-state index contributed by atoms with van der Waals surface area (Å²) in [6.07, 6.45) is 3.49. The summed E-state index contributed by atoms with van der Waals surface area (Å²) in [4.78, 5) is 18.3. The summed E-state index contributed by atoms with van der Waals surface area (Å²) >= 11 is 0. The molecule has 2 aromatic heterocycles. The summed E-state index contributed by atoms with van der Waals surface area (Å²) in [5.74, 6) is 0.0941. The minimum Gasteiger partial charge on any atom is -0.359 e. The Morgan fingerprint density at radius 3 is 2.61 bits per heavy atom. The van der Waals surface area contributed by atoms with Crippen LogP contribution >= 0.6 is 0 Å². The molecule has 1 aliphatic rings. The van der Waals surface area contributed by atoms with E-state index in [1.807, 2.05) is 6.08 Å². The Kier molecular flexibility index (Phi) is 6.04. The zero-order chi connectivity index (χ0) is 20.3. The van der Waals surface area contributed by atoms with E-state index in [4.69, 9.17) is 0 Å². The van der Waals surface area contributed by atoms with Crippen LogP contribution in [-0.4, -0.2) is 44.8 Å². The van der Waals surface area contributed by atoms with Crippen molar-refractivity contribution in [3.8, 4) is 0 Å². The van der Waals surface area contributed by atoms with E-state index in [0.29, 0.717) is 22.9 Å². The van der Waals surface area contributed by atoms with Gasteiger partial charge in [-0.2, -0.15) is 10.2 Å². The van der Waals surface area contributed by atoms with Gasteiger partial charge in [-0.1, -0.05) is 27.7 Å². The Morgan fingerprint density at radius 1 is 1.25 bits per heavy atom. The Morgan fingerprint density at radius 2 is 2.00 bits per heavy atom. The van der Waals surface area contributed by atoms with E-state index in [2.05, 4.69) is 65.2 Å². The van der Waals surface area contributed by atoms with Gasteiger partial charge in [-0.25, -0.2) is 5.43 Å². The molecule has 28 heavy (non-hydrogen) atoms. The molecule has 0 fully saturated rings. The first-order valence-electron chi connectivity index (χ1n) is 9.78. The predicted octanol–water partition coefficient (Wildman–Crippen LogP) is 3.00. The Balaban J connectivity index is 2.05. The quantitative estimate of drug-likeness (QED) is 0.723. The average Bonchev–Trinajstić information content (AvgIpc) is 3.20. The number of carbonyl (C=O) groups excluding carboxylic acids is 1. The molecule has 0 saturated heterocycles. The zero-order valence-electron chi connectivity index (χ0n) is 17.2. The standard InChI is InChI=1S/C21H28N6O/c1-6-27(7-2)12-16-14(5)23-18(19(16)13(3)4)11-15-20(25-26-21(15)28)17-9-8-10-22-24-17/h8-11,13,23H,6-7,12H2,1-5H3,(H,26,28)/b15-11+. The van der Waals surface area contributed by atoms with Crippen LogP contribution in [0.2, 0.25) is 0 Å². The number of hydrogen-bond acceptors (Lipinski definition) is 5. The van der Waals surface area contributed by atoms with Gasteiger partial charge in [0.15, 0.2) is 0 Å². The molecule has 2 N–H and O–H groups in total. The third-order valence-electron chi connectivity index (χ3n) is 5.12. The van der Waals surface area contributed by atoms with Gasteiger partial charge in [-0.05, 0) is 55.3 Å². The molecule has 0 radical (unpaired) electrons. The van der Waals surface area contributed by atoms with Gasteiger partial charge < -0.3 is 4.98 Å². The van der Waals surface area contributed by atoms with Crippen molar-refractivity contribution in [2.75, 3.05) is 13.1 Å². The maximum Gasteiger partial charge on any atom is 0.273 e. The Hall–Kier alpha value is -2.80. The van der Waals surface area contributed by atoms with Crippen LogP contribution in [0.3, 0.4) is 0 Å². The number of carbonyl (C=O) groups is 1. The lowest BCUT2D eigenvalue weighted by Crippen LogP contribution is -2.23. The summed E-state index contributed by atoms with van der Waals surface area (Å²) in [5.41, 5.74) is 8.79. The second-order valence-corrected chi connectivity index (χ2v) is 7.24. The molecule has 3 rings (SSSR count). The number of nitrogens with zero attached hydrogens (tertiary/aromatic N) is 4. The minimum atomic E-state index is -0.229. The van der Waals surface area contributed by atoms with E-state index < -0.39 is 0 Å². The first-order chi connectivity index (χ1) is 13.5. The highest BCUT2D eigenvalue weighted by molar-refractivity contribution is 6.32. The number of aryl methyl sites for hydroxylation is 1. The molecule has 1 amide bonds. The van der Waals surface area contributed by atoms with Crippen molar-refractivity contribution in [2.45, 2.75) is 47.1 Å². The number of aromatic nitrogens is 3. The predicted molar refractivity (Wildman–Crippen MR) is 111 cm³/mol. The minimum absolute atomic E-state index is 0.229. The second kappa shape index (κ2) is 8.48. The topological polar surface area (TPSA) is 86.3 Å². The molecule has 0 unspecified atom stereocenters. The molecule has 7 nitrogen and oxygen atoms in total. The number of aromatic amines is 1. The van der Waals surface area contributed by atoms with Gasteiger partial charge in [0.05, 0.1) is 5.57 Å². The van der Waals surface area contributed by atoms with Gasteiger partial charge in [0.25, 0.3) is 5.91 Å². The van der Waals surface area contributed by atoms with Crippen LogP contribution in [-0.2, 0) is 11.3 Å². The lowest BCUT2D eigenvalue weighted by molar-refractivity contribution is -0.116. The van der Waals surface area contributed by atoms with Gasteiger partial charge in [-0.15, -0.1) is 5.10 Å². The summed E-state index contributed by atoms with van der Waals surface area (Å²) in [7, 11) is 0. The SMILES string of the molecule is CCN(CC)Cc1c(C)[nH]c(/C=C2/C(=O)NN=C2c2cccnn2)c1C(C)C. The summed E-state index contributed by atoms with van der Waals surface area (Å²) in [6.45, 7) is 13.7. The van der Waals surface area contributed by atoms with Crippen molar-refractivity contribution in [1.82, 2.24) is 25.5 Å². The molecule has 3 heterocycles. The van der Waals surface area contributed by atoms with E-state index in [1.54, 1.807) is 18.3 Å². The highest BCUT2D eigenvalue weighted by atomic mass is 16.2. The molecule has 0 bridgehead atoms. The van der Waals surface area contributed by atoms with Gasteiger partial charge in [0.1, 0.15) is 11.4 Å². The zero-order valence-corrected chi connectivity index (χ0v) is 17.2. The van der Waals surface area contributed by atoms with Crippen LogP contribution in [0.15, 0.2) is 29.0 Å². The fourth-order valence-corrected chi connectivity index (χ4v) is 3.59. The van der Waals surface area contributed by atoms with Crippen LogP contribution < -0.4 is 5.43 Å². The maximum absolute atomic E-state index is 12.4. The first-order valence-corrected chi connectivity index (χ1v) is 9.78. The molecular weight excluding hydrogens is 352 g/mol. The van der Waals surface area contributed by atoms with Crippen molar-refractivity contribution >= 4 is 17.7 Å². The molecule has 148 valence electrons. The van der Waals surface area contributed by atoms with Crippen molar-refractivity contribution in [1.29, 1.82) is 0 Å². The number of hydrazone groups is 1. The lowest BCUT2D eigenvalue weighted by Gasteiger charge is -2.20. The Bertz CT molecular complexity index is 906. The van der Waals surface area contributed by atoms with Crippen LogP contribution in [0.25, 0.3) is 6.08 Å². The molecular formula is C21H28N6O. The molecule has 0 spiro atoms. The van der Waals surface area contributed by atoms with Crippen molar-refractivity contribution in [3.63, 3.8) is 0 Å². The van der Waals surface area contributed by atoms with E-state index in [0.717, 1.165) is 31.0 Å². The Labute approximate surface area is 165 Å². The van der Waals surface area contributed by atoms with E-state index in [1.165, 1.54) is 11.1 Å². The molecule has 1 aliphatic heterocycles. The fourth-order valence-electron chi connectivity index (χ4n) is 3.59. The smallest absolute Gasteiger partial charge is 0.273 e. The monoisotopic (exact) mass is 380 g/mol. The van der Waals surface area contributed by atoms with E-state index in [-0.39, 0.29) is 5.91 Å². The number of H-pyrrole nitrogens is 1. The fraction of sp³-hybridized carbons (Fsp3) is 0.429. The summed E-state index contributed by atoms with van der Waals surface area (Å²) in [5, 5.41) is 12.2. The van der Waals surface area contributed by atoms with Crippen molar-refractivity contribution in [3.05, 3.63) is 52.1 Å². The highest BCUT2D eigenvalue weighted by Gasteiger charge is 2.27. The summed E-state index contributed by atoms with van der Waals surface area (Å²) < 4.78 is 0. The van der Waals surface area contributed by atoms with Crippen LogP contribution in [0.4, 0.5) is 0 Å². The molecule has 0 aromatic carbocycles. The van der Waals surface area contributed by atoms with Crippen LogP contribution in [0.5, 0.6) is 0 Å². The van der Waals surface area contributed by atoms with Crippen LogP contribution in [0.1, 0.15) is 61.8 Å². The lowest BCUT2D eigenvalue weighted by atomic mass is 9.95. The molecule has 0 saturated carbocycles. The highest BCUT2D eigenvalue weighted by Crippen LogP contribution is 2.30. The van der Waals surface area contributed by atoms with E-state index in [9.17, 15) is 4.79 Å². The third-order valence-corrected chi connectivity index (χ3v) is 5.12. The third kappa shape index (κ3) is 3.89. The summed E-state index contributed by atoms with van der Waals surface area (Å²) in [6, 6.07) is 3.58. The van der Waals surface area contributed by atoms with Gasteiger partial charge >= 0.3 is 0 Å². The number of nitrogens with one attached hydrogen (secondary N) is 2. The van der Waals surface area contributed by atoms with Gasteiger partial charge in [0.2, 0.25) is 0 Å². The van der Waals surface area contributed by atoms with Gasteiger partial charge in [0, 0.05) is 24.1 Å². The molecule has 0 aliphatic carbocycles.